The zero-order valence-corrected chi connectivity index (χ0v) is 6.77. The number of nitrogen functional groups attached to an aromatic ring is 1. The summed E-state index contributed by atoms with van der Waals surface area (Å²) in [4.78, 5) is 0. The van der Waals surface area contributed by atoms with E-state index in [2.05, 4.69) is 10.2 Å². The maximum Gasteiger partial charge on any atom is 0.203 e. The minimum Gasteiger partial charge on any atom is -0.374 e. The van der Waals surface area contributed by atoms with Gasteiger partial charge in [0.05, 0.1) is 0 Å². The van der Waals surface area contributed by atoms with Crippen LogP contribution in [0.2, 0.25) is 0 Å². The number of nitrogens with two attached hydrogens (primary N) is 1. The van der Waals surface area contributed by atoms with E-state index in [-0.39, 0.29) is 0 Å². The molecule has 0 amide bonds. The van der Waals surface area contributed by atoms with Crippen LogP contribution in [-0.2, 0) is 0 Å². The Kier molecular flexibility index (Phi) is 2.01. The van der Waals surface area contributed by atoms with Crippen LogP contribution < -0.4 is 5.73 Å². The normalized spacial score (nSPS) is 12.0. The molecule has 1 heterocycles. The van der Waals surface area contributed by atoms with Crippen molar-refractivity contribution in [3.05, 3.63) is 11.1 Å². The van der Waals surface area contributed by atoms with Crippen molar-refractivity contribution in [2.75, 3.05) is 5.73 Å². The lowest BCUT2D eigenvalue weighted by molar-refractivity contribution is 1.08. The van der Waals surface area contributed by atoms with Crippen LogP contribution in [-0.4, -0.2) is 10.2 Å². The molecule has 0 fully saturated rings. The van der Waals surface area contributed by atoms with Crippen molar-refractivity contribution in [2.24, 2.45) is 0 Å². The van der Waals surface area contributed by atoms with E-state index < -0.39 is 0 Å². The van der Waals surface area contributed by atoms with E-state index in [0.717, 1.165) is 10.6 Å². The molecule has 0 radical (unpaired) electrons. The summed E-state index contributed by atoms with van der Waals surface area (Å²) >= 11 is 1.41. The van der Waals surface area contributed by atoms with Crippen LogP contribution >= 0.6 is 11.3 Å². The van der Waals surface area contributed by atoms with Crippen molar-refractivity contribution in [3.63, 3.8) is 0 Å². The standard InChI is InChI=1S/C6H9N3S/c1-3-4(2)5-8-9-6(7)10-5/h3H,1-2H3,(H2,7,9)/b4-3+. The van der Waals surface area contributed by atoms with E-state index in [1.807, 2.05) is 19.9 Å². The number of allylic oxidation sites excluding steroid dienone is 2. The Labute approximate surface area is 63.6 Å². The second kappa shape index (κ2) is 2.79. The molecule has 0 saturated carbocycles. The van der Waals surface area contributed by atoms with Gasteiger partial charge >= 0.3 is 0 Å². The first kappa shape index (κ1) is 7.21. The SMILES string of the molecule is C/C=C(\C)c1nnc(N)s1. The Balaban J connectivity index is 2.95. The average Bonchev–Trinajstić information content (AvgIpc) is 2.34. The summed E-state index contributed by atoms with van der Waals surface area (Å²) in [6.45, 7) is 3.95. The highest BCUT2D eigenvalue weighted by Crippen LogP contribution is 2.18. The van der Waals surface area contributed by atoms with Crippen LogP contribution in [0.15, 0.2) is 6.08 Å². The van der Waals surface area contributed by atoms with Gasteiger partial charge in [-0.05, 0) is 19.4 Å². The largest absolute Gasteiger partial charge is 0.374 e. The van der Waals surface area contributed by atoms with E-state index in [4.69, 9.17) is 5.73 Å². The fourth-order valence-corrected chi connectivity index (χ4v) is 1.16. The summed E-state index contributed by atoms with van der Waals surface area (Å²) in [6.07, 6.45) is 1.99. The summed E-state index contributed by atoms with van der Waals surface area (Å²) in [5.74, 6) is 0. The van der Waals surface area contributed by atoms with Gasteiger partial charge in [0.25, 0.3) is 0 Å². The maximum atomic E-state index is 5.39. The molecule has 0 bridgehead atoms. The molecular formula is C6H9N3S. The van der Waals surface area contributed by atoms with E-state index in [0.29, 0.717) is 5.13 Å². The van der Waals surface area contributed by atoms with Crippen LogP contribution in [0.4, 0.5) is 5.13 Å². The van der Waals surface area contributed by atoms with Crippen molar-refractivity contribution < 1.29 is 0 Å². The van der Waals surface area contributed by atoms with Gasteiger partial charge in [0, 0.05) is 0 Å². The first-order valence-corrected chi connectivity index (χ1v) is 3.78. The molecule has 0 aliphatic carbocycles. The lowest BCUT2D eigenvalue weighted by atomic mass is 10.3. The minimum atomic E-state index is 0.524. The van der Waals surface area contributed by atoms with Gasteiger partial charge < -0.3 is 5.73 Å². The van der Waals surface area contributed by atoms with Crippen molar-refractivity contribution in [1.29, 1.82) is 0 Å². The van der Waals surface area contributed by atoms with Crippen molar-refractivity contribution in [3.8, 4) is 0 Å². The summed E-state index contributed by atoms with van der Waals surface area (Å²) < 4.78 is 0. The van der Waals surface area contributed by atoms with Crippen LogP contribution in [0.25, 0.3) is 5.57 Å². The fourth-order valence-electron chi connectivity index (χ4n) is 0.517. The third-order valence-electron chi connectivity index (χ3n) is 1.21. The molecule has 0 unspecified atom stereocenters. The molecule has 0 aliphatic heterocycles. The molecule has 4 heteroatoms. The predicted molar refractivity (Wildman–Crippen MR) is 43.6 cm³/mol. The number of rotatable bonds is 1. The highest BCUT2D eigenvalue weighted by Gasteiger charge is 2.00. The van der Waals surface area contributed by atoms with Gasteiger partial charge in [0.1, 0.15) is 5.01 Å². The van der Waals surface area contributed by atoms with Gasteiger partial charge in [-0.1, -0.05) is 17.4 Å². The number of nitrogens with zero attached hydrogens (tertiary/aromatic N) is 2. The third kappa shape index (κ3) is 1.33. The third-order valence-corrected chi connectivity index (χ3v) is 2.10. The van der Waals surface area contributed by atoms with Crippen LogP contribution in [0.1, 0.15) is 18.9 Å². The lowest BCUT2D eigenvalue weighted by Crippen LogP contribution is -1.80. The topological polar surface area (TPSA) is 51.8 Å². The Bertz CT molecular complexity index is 251. The molecular weight excluding hydrogens is 146 g/mol. The molecule has 1 aromatic heterocycles. The summed E-state index contributed by atoms with van der Waals surface area (Å²) in [6, 6.07) is 0. The Morgan fingerprint density at radius 3 is 2.70 bits per heavy atom. The summed E-state index contributed by atoms with van der Waals surface area (Å²) in [5.41, 5.74) is 6.51. The number of hydrogen-bond donors (Lipinski definition) is 1. The minimum absolute atomic E-state index is 0.524. The molecule has 2 N–H and O–H groups in total. The van der Waals surface area contributed by atoms with Gasteiger partial charge in [-0.25, -0.2) is 0 Å². The predicted octanol–water partition coefficient (Wildman–Crippen LogP) is 1.54. The monoisotopic (exact) mass is 155 g/mol. The first-order valence-electron chi connectivity index (χ1n) is 2.96. The molecule has 1 rings (SSSR count). The van der Waals surface area contributed by atoms with Gasteiger partial charge in [0.15, 0.2) is 0 Å². The number of anilines is 1. The number of aromatic nitrogens is 2. The summed E-state index contributed by atoms with van der Waals surface area (Å²) in [5, 5.41) is 8.98. The zero-order valence-electron chi connectivity index (χ0n) is 5.96. The van der Waals surface area contributed by atoms with Crippen LogP contribution in [0.5, 0.6) is 0 Å². The van der Waals surface area contributed by atoms with Gasteiger partial charge in [-0.3, -0.25) is 0 Å². The van der Waals surface area contributed by atoms with Gasteiger partial charge in [-0.2, -0.15) is 0 Å². The van der Waals surface area contributed by atoms with E-state index in [9.17, 15) is 0 Å². The smallest absolute Gasteiger partial charge is 0.203 e. The van der Waals surface area contributed by atoms with Crippen LogP contribution in [0.3, 0.4) is 0 Å². The van der Waals surface area contributed by atoms with Crippen molar-refractivity contribution in [1.82, 2.24) is 10.2 Å². The van der Waals surface area contributed by atoms with E-state index >= 15 is 0 Å². The van der Waals surface area contributed by atoms with Crippen LogP contribution in [0, 0.1) is 0 Å². The second-order valence-electron chi connectivity index (χ2n) is 1.92. The zero-order chi connectivity index (χ0) is 7.56. The van der Waals surface area contributed by atoms with Crippen molar-refractivity contribution >= 4 is 22.0 Å². The lowest BCUT2D eigenvalue weighted by Gasteiger charge is -1.87. The highest BCUT2D eigenvalue weighted by atomic mass is 32.1. The molecule has 0 saturated heterocycles. The first-order chi connectivity index (χ1) is 4.74. The quantitative estimate of drug-likeness (QED) is 0.669. The fraction of sp³-hybridized carbons (Fsp3) is 0.333. The molecule has 54 valence electrons. The number of hydrogen-bond acceptors (Lipinski definition) is 4. The van der Waals surface area contributed by atoms with Gasteiger partial charge in [0.2, 0.25) is 5.13 Å². The van der Waals surface area contributed by atoms with Gasteiger partial charge in [-0.15, -0.1) is 10.2 Å². The second-order valence-corrected chi connectivity index (χ2v) is 2.93. The van der Waals surface area contributed by atoms with Crippen molar-refractivity contribution in [2.45, 2.75) is 13.8 Å². The highest BCUT2D eigenvalue weighted by molar-refractivity contribution is 7.16. The molecule has 3 nitrogen and oxygen atoms in total. The molecule has 1 aromatic rings. The molecule has 10 heavy (non-hydrogen) atoms. The molecule has 0 aliphatic rings. The maximum absolute atomic E-state index is 5.39. The average molecular weight is 155 g/mol. The Hall–Kier alpha value is -0.900. The Morgan fingerprint density at radius 2 is 2.30 bits per heavy atom. The molecule has 0 aromatic carbocycles. The van der Waals surface area contributed by atoms with E-state index in [1.54, 1.807) is 0 Å². The van der Waals surface area contributed by atoms with E-state index in [1.165, 1.54) is 11.3 Å². The Morgan fingerprint density at radius 1 is 1.60 bits per heavy atom. The molecule has 0 atom stereocenters. The summed E-state index contributed by atoms with van der Waals surface area (Å²) in [7, 11) is 0. The molecule has 0 spiro atoms.